The molecule has 0 spiro atoms. The zero-order valence-electron chi connectivity index (χ0n) is 16.1. The monoisotopic (exact) mass is 347 g/mol. The number of nitrogens with zero attached hydrogens (tertiary/aromatic N) is 1. The lowest BCUT2D eigenvalue weighted by Crippen LogP contribution is -2.31. The number of rotatable bonds is 2. The normalized spacial score (nSPS) is 25.7. The number of hydrogen-bond acceptors (Lipinski definition) is 3. The lowest BCUT2D eigenvalue weighted by atomic mass is 9.68. The van der Waals surface area contributed by atoms with E-state index in [0.29, 0.717) is 5.92 Å². The molecule has 134 valence electrons. The van der Waals surface area contributed by atoms with Crippen LogP contribution in [0.5, 0.6) is 11.5 Å². The summed E-state index contributed by atoms with van der Waals surface area (Å²) < 4.78 is 11.0. The van der Waals surface area contributed by atoms with Crippen molar-refractivity contribution in [2.75, 3.05) is 14.2 Å². The van der Waals surface area contributed by atoms with Gasteiger partial charge >= 0.3 is 0 Å². The van der Waals surface area contributed by atoms with Gasteiger partial charge in [-0.2, -0.15) is 0 Å². The lowest BCUT2D eigenvalue weighted by Gasteiger charge is -2.35. The number of ether oxygens (including phenoxy) is 2. The molecule has 3 nitrogen and oxygen atoms in total. The average molecular weight is 347 g/mol. The van der Waals surface area contributed by atoms with E-state index in [9.17, 15) is 0 Å². The molecule has 2 aromatic carbocycles. The molecule has 0 aliphatic heterocycles. The quantitative estimate of drug-likeness (QED) is 0.567. The van der Waals surface area contributed by atoms with Gasteiger partial charge in [-0.05, 0) is 58.2 Å². The van der Waals surface area contributed by atoms with Gasteiger partial charge in [0.25, 0.3) is 0 Å². The van der Waals surface area contributed by atoms with E-state index in [-0.39, 0.29) is 10.8 Å². The largest absolute Gasteiger partial charge is 0.493 e. The first-order valence-electron chi connectivity index (χ1n) is 9.40. The Hall–Kier alpha value is -2.29. The molecule has 2 aliphatic rings. The Kier molecular flexibility index (Phi) is 3.00. The molecule has 1 fully saturated rings. The molecule has 3 aromatic rings. The molecule has 3 heteroatoms. The number of hydrogen-bond donors (Lipinski definition) is 0. The molecule has 2 bridgehead atoms. The van der Waals surface area contributed by atoms with Crippen LogP contribution >= 0.6 is 0 Å². The second kappa shape index (κ2) is 4.91. The minimum absolute atomic E-state index is 0.221. The fourth-order valence-corrected chi connectivity index (χ4v) is 5.70. The Morgan fingerprint density at radius 2 is 1.73 bits per heavy atom. The van der Waals surface area contributed by atoms with Crippen molar-refractivity contribution in [2.45, 2.75) is 44.9 Å². The zero-order valence-corrected chi connectivity index (χ0v) is 16.1. The third-order valence-corrected chi connectivity index (χ3v) is 7.54. The van der Waals surface area contributed by atoms with Crippen LogP contribution in [-0.4, -0.2) is 19.2 Å². The van der Waals surface area contributed by atoms with E-state index in [0.717, 1.165) is 27.8 Å². The van der Waals surface area contributed by atoms with Crippen LogP contribution in [-0.2, 0) is 5.41 Å². The molecule has 0 N–H and O–H groups in total. The van der Waals surface area contributed by atoms with Crippen LogP contribution in [0.15, 0.2) is 30.5 Å². The Labute approximate surface area is 154 Å². The molecule has 2 aliphatic carbocycles. The van der Waals surface area contributed by atoms with Crippen molar-refractivity contribution >= 4 is 21.7 Å². The van der Waals surface area contributed by atoms with Gasteiger partial charge < -0.3 is 9.47 Å². The van der Waals surface area contributed by atoms with Crippen LogP contribution in [0.1, 0.15) is 50.7 Å². The molecular formula is C23H25NO2. The van der Waals surface area contributed by atoms with E-state index in [1.54, 1.807) is 14.2 Å². The second-order valence-electron chi connectivity index (χ2n) is 8.62. The minimum Gasteiger partial charge on any atom is -0.493 e. The summed E-state index contributed by atoms with van der Waals surface area (Å²) in [6.45, 7) is 7.33. The van der Waals surface area contributed by atoms with Crippen LogP contribution in [0.25, 0.3) is 21.7 Å². The number of methoxy groups -OCH3 is 2. The maximum Gasteiger partial charge on any atom is 0.161 e. The van der Waals surface area contributed by atoms with E-state index >= 15 is 0 Å². The maximum atomic E-state index is 5.54. The van der Waals surface area contributed by atoms with Gasteiger partial charge in [-0.3, -0.25) is 4.98 Å². The summed E-state index contributed by atoms with van der Waals surface area (Å²) in [5.41, 5.74) is 4.58. The molecular weight excluding hydrogens is 322 g/mol. The van der Waals surface area contributed by atoms with E-state index in [4.69, 9.17) is 14.5 Å². The highest BCUT2D eigenvalue weighted by molar-refractivity contribution is 6.08. The lowest BCUT2D eigenvalue weighted by molar-refractivity contribution is 0.232. The van der Waals surface area contributed by atoms with Crippen molar-refractivity contribution in [1.82, 2.24) is 4.98 Å². The number of benzene rings is 2. The summed E-state index contributed by atoms with van der Waals surface area (Å²) in [7, 11) is 3.36. The van der Waals surface area contributed by atoms with Gasteiger partial charge in [-0.1, -0.05) is 32.9 Å². The van der Waals surface area contributed by atoms with Gasteiger partial charge in [0.05, 0.1) is 19.7 Å². The molecule has 2 unspecified atom stereocenters. The topological polar surface area (TPSA) is 31.4 Å². The van der Waals surface area contributed by atoms with E-state index in [2.05, 4.69) is 45.2 Å². The van der Waals surface area contributed by atoms with Crippen LogP contribution in [0, 0.1) is 5.41 Å². The number of pyridine rings is 1. The third kappa shape index (κ3) is 1.67. The molecule has 26 heavy (non-hydrogen) atoms. The summed E-state index contributed by atoms with van der Waals surface area (Å²) in [6.07, 6.45) is 4.69. The molecule has 5 rings (SSSR count). The smallest absolute Gasteiger partial charge is 0.161 e. The van der Waals surface area contributed by atoms with Crippen molar-refractivity contribution in [2.24, 2.45) is 5.41 Å². The fourth-order valence-electron chi connectivity index (χ4n) is 5.70. The van der Waals surface area contributed by atoms with Crippen molar-refractivity contribution < 1.29 is 9.47 Å². The van der Waals surface area contributed by atoms with E-state index < -0.39 is 0 Å². The van der Waals surface area contributed by atoms with Crippen LogP contribution in [0.4, 0.5) is 0 Å². The van der Waals surface area contributed by atoms with Gasteiger partial charge in [-0.25, -0.2) is 0 Å². The van der Waals surface area contributed by atoms with Crippen molar-refractivity contribution in [3.05, 3.63) is 41.6 Å². The number of aromatic nitrogens is 1. The molecule has 1 heterocycles. The first-order valence-corrected chi connectivity index (χ1v) is 9.40. The standard InChI is InChI=1S/C23H25NO2/c1-22(2)17-8-9-23(22,3)20-14-7-6-13-10-18(25-4)19(26-5)11-15(13)21(14)24-12-16(17)20/h6-7,10-12,17H,8-9H2,1-5H3. The summed E-state index contributed by atoms with van der Waals surface area (Å²) in [5, 5.41) is 3.57. The molecule has 2 atom stereocenters. The highest BCUT2D eigenvalue weighted by Gasteiger charge is 2.59. The molecule has 1 aromatic heterocycles. The summed E-state index contributed by atoms with van der Waals surface area (Å²) in [4.78, 5) is 4.93. The Balaban J connectivity index is 1.87. The van der Waals surface area contributed by atoms with Crippen molar-refractivity contribution in [1.29, 1.82) is 0 Å². The molecule has 0 amide bonds. The van der Waals surface area contributed by atoms with Crippen LogP contribution in [0.3, 0.4) is 0 Å². The first-order chi connectivity index (χ1) is 12.4. The Bertz CT molecular complexity index is 1070. The summed E-state index contributed by atoms with van der Waals surface area (Å²) in [5.74, 6) is 2.14. The maximum absolute atomic E-state index is 5.54. The summed E-state index contributed by atoms with van der Waals surface area (Å²) in [6, 6.07) is 8.57. The van der Waals surface area contributed by atoms with Gasteiger partial charge in [0.15, 0.2) is 11.5 Å². The molecule has 0 saturated heterocycles. The minimum atomic E-state index is 0.221. The Morgan fingerprint density at radius 1 is 1.00 bits per heavy atom. The molecule has 0 radical (unpaired) electrons. The second-order valence-corrected chi connectivity index (χ2v) is 8.62. The summed E-state index contributed by atoms with van der Waals surface area (Å²) >= 11 is 0. The van der Waals surface area contributed by atoms with Crippen molar-refractivity contribution in [3.63, 3.8) is 0 Å². The van der Waals surface area contributed by atoms with E-state index in [1.165, 1.54) is 29.4 Å². The molecule has 1 saturated carbocycles. The SMILES string of the molecule is COc1cc2ccc3c4c(cnc3c2cc1OC)C1CCC4(C)C1(C)C. The van der Waals surface area contributed by atoms with Crippen LogP contribution < -0.4 is 9.47 Å². The van der Waals surface area contributed by atoms with Gasteiger partial charge in [0, 0.05) is 17.0 Å². The predicted molar refractivity (Wildman–Crippen MR) is 105 cm³/mol. The highest BCUT2D eigenvalue weighted by Crippen LogP contribution is 2.68. The van der Waals surface area contributed by atoms with E-state index in [1.807, 2.05) is 6.07 Å². The number of fused-ring (bicyclic) bond motifs is 9. The fraction of sp³-hybridized carbons (Fsp3) is 0.435. The predicted octanol–water partition coefficient (Wildman–Crippen LogP) is 5.58. The average Bonchev–Trinajstić information content (AvgIpc) is 2.98. The Morgan fingerprint density at radius 3 is 2.46 bits per heavy atom. The first kappa shape index (κ1) is 15.9. The zero-order chi connectivity index (χ0) is 18.3. The van der Waals surface area contributed by atoms with Gasteiger partial charge in [-0.15, -0.1) is 0 Å². The third-order valence-electron chi connectivity index (χ3n) is 7.54. The van der Waals surface area contributed by atoms with Crippen molar-refractivity contribution in [3.8, 4) is 11.5 Å². The highest BCUT2D eigenvalue weighted by atomic mass is 16.5. The van der Waals surface area contributed by atoms with Gasteiger partial charge in [0.1, 0.15) is 0 Å². The van der Waals surface area contributed by atoms with Gasteiger partial charge in [0.2, 0.25) is 0 Å². The van der Waals surface area contributed by atoms with Crippen LogP contribution in [0.2, 0.25) is 0 Å².